The molecule has 0 aromatic carbocycles. The molecule has 1 saturated carbocycles. The van der Waals surface area contributed by atoms with Gasteiger partial charge in [-0.25, -0.2) is 9.97 Å². The van der Waals surface area contributed by atoms with E-state index in [-0.39, 0.29) is 0 Å². The van der Waals surface area contributed by atoms with E-state index in [0.717, 1.165) is 36.2 Å². The molecule has 0 spiro atoms. The van der Waals surface area contributed by atoms with Crippen LogP contribution in [0.4, 0.5) is 5.82 Å². The summed E-state index contributed by atoms with van der Waals surface area (Å²) < 4.78 is 1.17. The minimum atomic E-state index is 0.564. The molecule has 0 bridgehead atoms. The summed E-state index contributed by atoms with van der Waals surface area (Å²) in [5, 5.41) is 3.43. The lowest BCUT2D eigenvalue weighted by molar-refractivity contribution is 0.339. The Hall–Kier alpha value is -0.390. The van der Waals surface area contributed by atoms with Gasteiger partial charge in [0.1, 0.15) is 11.6 Å². The van der Waals surface area contributed by atoms with Gasteiger partial charge in [-0.1, -0.05) is 26.7 Å². The van der Waals surface area contributed by atoms with E-state index in [4.69, 9.17) is 9.97 Å². The summed E-state index contributed by atoms with van der Waals surface area (Å²) in [6.07, 6.45) is 6.24. The Kier molecular flexibility index (Phi) is 5.42. The lowest BCUT2D eigenvalue weighted by Gasteiger charge is -2.25. The van der Waals surface area contributed by atoms with Gasteiger partial charge < -0.3 is 5.32 Å². The van der Waals surface area contributed by atoms with Crippen LogP contribution in [0.5, 0.6) is 0 Å². The second kappa shape index (κ2) is 6.86. The summed E-state index contributed by atoms with van der Waals surface area (Å²) in [6.45, 7) is 7.60. The van der Waals surface area contributed by atoms with Crippen LogP contribution in [0.1, 0.15) is 63.4 Å². The van der Waals surface area contributed by atoms with Gasteiger partial charge in [0.15, 0.2) is 0 Å². The largest absolute Gasteiger partial charge is 0.369 e. The molecule has 1 heterocycles. The number of hydrogen-bond donors (Lipinski definition) is 1. The Morgan fingerprint density at radius 3 is 2.53 bits per heavy atom. The minimum Gasteiger partial charge on any atom is -0.369 e. The van der Waals surface area contributed by atoms with Gasteiger partial charge in [-0.3, -0.25) is 0 Å². The molecule has 1 aromatic rings. The van der Waals surface area contributed by atoms with Crippen molar-refractivity contribution in [2.45, 2.75) is 58.8 Å². The summed E-state index contributed by atoms with van der Waals surface area (Å²) in [5.74, 6) is 3.53. The smallest absolute Gasteiger partial charge is 0.143 e. The first-order chi connectivity index (χ1) is 9.11. The van der Waals surface area contributed by atoms with E-state index in [9.17, 15) is 0 Å². The fourth-order valence-electron chi connectivity index (χ4n) is 2.64. The second-order valence-corrected chi connectivity index (χ2v) is 6.79. The Bertz CT molecular complexity index is 426. The first-order valence-corrected chi connectivity index (χ1v) is 8.47. The van der Waals surface area contributed by atoms with E-state index in [1.807, 2.05) is 0 Å². The van der Waals surface area contributed by atoms with Gasteiger partial charge in [0.05, 0.1) is 9.26 Å². The molecule has 0 atom stereocenters. The van der Waals surface area contributed by atoms with Crippen molar-refractivity contribution in [2.75, 3.05) is 11.9 Å². The van der Waals surface area contributed by atoms with Crippen molar-refractivity contribution < 1.29 is 0 Å². The number of aromatic nitrogens is 2. The van der Waals surface area contributed by atoms with Crippen LogP contribution in [0.25, 0.3) is 0 Å². The van der Waals surface area contributed by atoms with Crippen molar-refractivity contribution in [1.29, 1.82) is 0 Å². The molecule has 0 aliphatic heterocycles. The fourth-order valence-corrected chi connectivity index (χ4v) is 3.07. The van der Waals surface area contributed by atoms with Crippen molar-refractivity contribution in [2.24, 2.45) is 5.92 Å². The van der Waals surface area contributed by atoms with E-state index < -0.39 is 0 Å². The first-order valence-electron chi connectivity index (χ1n) is 7.39. The number of hydrogen-bond acceptors (Lipinski definition) is 3. The van der Waals surface area contributed by atoms with Crippen LogP contribution in [-0.4, -0.2) is 16.5 Å². The molecular weight excluding hydrogens is 349 g/mol. The molecule has 0 saturated heterocycles. The maximum absolute atomic E-state index is 4.79. The van der Waals surface area contributed by atoms with Crippen LogP contribution in [0.3, 0.4) is 0 Å². The fraction of sp³-hybridized carbons (Fsp3) is 0.733. The van der Waals surface area contributed by atoms with Crippen LogP contribution in [0.15, 0.2) is 0 Å². The number of aryl methyl sites for hydroxylation is 1. The zero-order valence-electron chi connectivity index (χ0n) is 12.2. The third kappa shape index (κ3) is 3.80. The summed E-state index contributed by atoms with van der Waals surface area (Å²) >= 11 is 2.35. The summed E-state index contributed by atoms with van der Waals surface area (Å²) in [5.41, 5.74) is 1.11. The third-order valence-corrected chi connectivity index (χ3v) is 5.25. The van der Waals surface area contributed by atoms with E-state index in [0.29, 0.717) is 5.92 Å². The average Bonchev–Trinajstić information content (AvgIpc) is 2.41. The Labute approximate surface area is 130 Å². The molecule has 3 nitrogen and oxygen atoms in total. The van der Waals surface area contributed by atoms with E-state index >= 15 is 0 Å². The Morgan fingerprint density at radius 1 is 1.21 bits per heavy atom. The quantitative estimate of drug-likeness (QED) is 0.790. The average molecular weight is 373 g/mol. The number of halogens is 1. The van der Waals surface area contributed by atoms with Crippen molar-refractivity contribution in [1.82, 2.24) is 9.97 Å². The lowest BCUT2D eigenvalue weighted by atomic mass is 9.82. The molecule has 1 aliphatic rings. The van der Waals surface area contributed by atoms with E-state index in [2.05, 4.69) is 48.7 Å². The van der Waals surface area contributed by atoms with E-state index in [1.165, 1.54) is 29.3 Å². The Balaban J connectivity index is 2.18. The highest BCUT2D eigenvalue weighted by Gasteiger charge is 2.23. The highest BCUT2D eigenvalue weighted by molar-refractivity contribution is 14.1. The van der Waals surface area contributed by atoms with Crippen molar-refractivity contribution in [3.05, 3.63) is 15.1 Å². The first kappa shape index (κ1) is 15.0. The number of rotatable bonds is 4. The molecule has 1 fully saturated rings. The molecule has 1 N–H and O–H groups in total. The normalized spacial score (nSPS) is 23.4. The molecule has 106 valence electrons. The number of nitrogens with one attached hydrogen (secondary N) is 1. The maximum atomic E-state index is 4.79. The van der Waals surface area contributed by atoms with Gasteiger partial charge >= 0.3 is 0 Å². The Morgan fingerprint density at radius 2 is 1.89 bits per heavy atom. The van der Waals surface area contributed by atoms with Crippen LogP contribution < -0.4 is 5.32 Å². The monoisotopic (exact) mass is 373 g/mol. The zero-order valence-corrected chi connectivity index (χ0v) is 14.3. The van der Waals surface area contributed by atoms with Crippen molar-refractivity contribution >= 4 is 28.4 Å². The molecule has 0 unspecified atom stereocenters. The summed E-state index contributed by atoms with van der Waals surface area (Å²) in [6, 6.07) is 0. The minimum absolute atomic E-state index is 0.564. The van der Waals surface area contributed by atoms with Crippen LogP contribution in [0.2, 0.25) is 0 Å². The molecule has 1 aromatic heterocycles. The molecule has 0 amide bonds. The summed E-state index contributed by atoms with van der Waals surface area (Å²) in [7, 11) is 0. The van der Waals surface area contributed by atoms with Crippen LogP contribution in [0, 0.1) is 16.4 Å². The van der Waals surface area contributed by atoms with Gasteiger partial charge in [0.2, 0.25) is 0 Å². The molecule has 1 aliphatic carbocycles. The molecule has 19 heavy (non-hydrogen) atoms. The molecule has 2 rings (SSSR count). The van der Waals surface area contributed by atoms with Gasteiger partial charge in [-0.15, -0.1) is 0 Å². The van der Waals surface area contributed by atoms with Crippen molar-refractivity contribution in [3.8, 4) is 0 Å². The van der Waals surface area contributed by atoms with Crippen LogP contribution in [-0.2, 0) is 0 Å². The predicted molar refractivity (Wildman–Crippen MR) is 88.6 cm³/mol. The SMILES string of the molecule is CCCNc1nc(C2CCC(C)CC2)nc(C)c1I. The maximum Gasteiger partial charge on any atom is 0.143 e. The summed E-state index contributed by atoms with van der Waals surface area (Å²) in [4.78, 5) is 9.52. The predicted octanol–water partition coefficient (Wildman–Crippen LogP) is 4.51. The van der Waals surface area contributed by atoms with Crippen molar-refractivity contribution in [3.63, 3.8) is 0 Å². The molecule has 0 radical (unpaired) electrons. The van der Waals surface area contributed by atoms with Crippen LogP contribution >= 0.6 is 22.6 Å². The second-order valence-electron chi connectivity index (χ2n) is 5.71. The van der Waals surface area contributed by atoms with Gasteiger partial charge in [-0.2, -0.15) is 0 Å². The number of nitrogens with zero attached hydrogens (tertiary/aromatic N) is 2. The third-order valence-electron chi connectivity index (χ3n) is 3.96. The van der Waals surface area contributed by atoms with E-state index in [1.54, 1.807) is 0 Å². The zero-order chi connectivity index (χ0) is 13.8. The molecule has 4 heteroatoms. The highest BCUT2D eigenvalue weighted by atomic mass is 127. The van der Waals surface area contributed by atoms with Gasteiger partial charge in [-0.05, 0) is 54.7 Å². The molecular formula is C15H24IN3. The number of anilines is 1. The highest BCUT2D eigenvalue weighted by Crippen LogP contribution is 2.35. The van der Waals surface area contributed by atoms with Gasteiger partial charge in [0.25, 0.3) is 0 Å². The topological polar surface area (TPSA) is 37.8 Å². The lowest BCUT2D eigenvalue weighted by Crippen LogP contribution is -2.16. The van der Waals surface area contributed by atoms with Gasteiger partial charge in [0, 0.05) is 12.5 Å². The standard InChI is InChI=1S/C15H24IN3/c1-4-9-17-15-13(16)11(3)18-14(19-15)12-7-5-10(2)6-8-12/h10,12H,4-9H2,1-3H3,(H,17,18,19).